The maximum absolute atomic E-state index is 13.9. The Bertz CT molecular complexity index is 4620. The van der Waals surface area contributed by atoms with Gasteiger partial charge in [0.25, 0.3) is 5.75 Å². The second-order valence-corrected chi connectivity index (χ2v) is 26.6. The predicted molar refractivity (Wildman–Crippen MR) is 364 cm³/mol. The van der Waals surface area contributed by atoms with E-state index in [0.717, 1.165) is 48.5 Å². The maximum Gasteiger partial charge on any atom is 0.400 e. The van der Waals surface area contributed by atoms with Gasteiger partial charge in [-0.05, 0) is 66.2 Å². The van der Waals surface area contributed by atoms with Gasteiger partial charge in [-0.3, -0.25) is 19.2 Å². The Kier molecular flexibility index (Phi) is 25.2. The highest BCUT2D eigenvalue weighted by Gasteiger charge is 2.51. The lowest BCUT2D eigenvalue weighted by Gasteiger charge is -2.40. The summed E-state index contributed by atoms with van der Waals surface area (Å²) in [4.78, 5) is 64.4. The highest BCUT2D eigenvalue weighted by atomic mass is 16.7. The quantitative estimate of drug-likeness (QED) is 0.00884. The van der Waals surface area contributed by atoms with Crippen molar-refractivity contribution < 1.29 is 197 Å². The number of fused-ring (bicyclic) bond motifs is 2. The molecule has 0 unspecified atom stereocenters. The van der Waals surface area contributed by atoms with Gasteiger partial charge in [0.05, 0.1) is 31.6 Å². The number of rotatable bonds is 24. The number of hydrogen-bond donors (Lipinski definition) is 21. The molecule has 7 heterocycles. The third-order valence-corrected chi connectivity index (χ3v) is 18.7. The van der Waals surface area contributed by atoms with Gasteiger partial charge < -0.3 is 178 Å². The summed E-state index contributed by atoms with van der Waals surface area (Å²) in [7, 11) is 0. The van der Waals surface area contributed by atoms with Crippen LogP contribution in [-0.4, -0.2) is 310 Å². The zero-order chi connectivity index (χ0) is 81.3. The summed E-state index contributed by atoms with van der Waals surface area (Å²) in [5.41, 5.74) is -2.31. The van der Waals surface area contributed by atoms with Crippen LogP contribution in [0, 0.1) is 0 Å². The van der Waals surface area contributed by atoms with E-state index in [1.165, 1.54) is 54.6 Å². The van der Waals surface area contributed by atoms with Crippen LogP contribution in [0.1, 0.15) is 18.4 Å². The Balaban J connectivity index is 0.668. The summed E-state index contributed by atoms with van der Waals surface area (Å²) in [5, 5.41) is 222. The van der Waals surface area contributed by atoms with Crippen LogP contribution in [0.15, 0.2) is 111 Å². The van der Waals surface area contributed by atoms with Crippen molar-refractivity contribution in [2.45, 2.75) is 160 Å². The molecule has 0 bridgehead atoms. The molecule has 0 spiro atoms. The van der Waals surface area contributed by atoms with E-state index in [4.69, 9.17) is 70.4 Å². The van der Waals surface area contributed by atoms with Crippen LogP contribution >= 0.6 is 0 Å². The van der Waals surface area contributed by atoms with Crippen molar-refractivity contribution in [2.24, 2.45) is 0 Å². The standard InChI is InChI=1S/C72H76O41/c73-20-41-51(85)56(90)64(98)72(109-41)113-67-55(89)48-34(76)16-31(104-68-60(94)50(84)37(79)21-102-68)18-39(48)107-66(67)26-4-8-29(9-5-26)103-69-61(95)57(91)52(86)42(110-69)22-100-46(81)11-12-47(82)101-23-43-53(87)58(92)62(96)70(111-43)105-30-15-33(75)32-19-40(65(106-38(32)17-30)27-13-35(77)49(83)36(78)14-27)108-71-63(97)59(93)54(88)44(112-71)24-99-45(80)10-3-25-1-6-28(74)7-2-25/h1-10,13-19,37,41-44,50-54,56-64,68-74,76-79,83-88,90-98H,11-12,20-24H2/p+1/t37-,41-,42-,43-,44-,50+,51-,52-,53-,54-,56+,57+,58+,59+,60-,61-,62-,63-,64-,68+,69-,70-,71-,72+/m1/s1. The average molecular weight is 1600 g/mol. The average Bonchev–Trinajstić information content (AvgIpc) is 0.755. The number of carbonyl (C=O) groups excluding carboxylic acids is 3. The molecule has 1 aromatic heterocycles. The van der Waals surface area contributed by atoms with Crippen LogP contribution in [0.4, 0.5) is 0 Å². The van der Waals surface area contributed by atoms with E-state index >= 15 is 0 Å². The van der Waals surface area contributed by atoms with Gasteiger partial charge in [0.2, 0.25) is 31.5 Å². The van der Waals surface area contributed by atoms with Crippen molar-refractivity contribution >= 4 is 35.0 Å². The Morgan fingerprint density at radius 3 is 1.50 bits per heavy atom. The van der Waals surface area contributed by atoms with Crippen molar-refractivity contribution in [2.75, 3.05) is 33.0 Å². The summed E-state index contributed by atoms with van der Waals surface area (Å²) in [5.74, 6) is -10.1. The van der Waals surface area contributed by atoms with Crippen LogP contribution < -0.4 is 34.5 Å². The summed E-state index contributed by atoms with van der Waals surface area (Å²) in [6, 6.07) is 17.4. The predicted octanol–water partition coefficient (Wildman–Crippen LogP) is -5.26. The zero-order valence-corrected chi connectivity index (χ0v) is 58.2. The molecular formula is C72H77O41+. The highest BCUT2D eigenvalue weighted by molar-refractivity contribution is 5.88. The summed E-state index contributed by atoms with van der Waals surface area (Å²) >= 11 is 0. The van der Waals surface area contributed by atoms with Gasteiger partial charge in [-0.1, -0.05) is 12.1 Å². The Labute approximate surface area is 632 Å². The van der Waals surface area contributed by atoms with Crippen molar-refractivity contribution in [1.82, 2.24) is 0 Å². The minimum atomic E-state index is -2.08. The van der Waals surface area contributed by atoms with Crippen molar-refractivity contribution in [1.29, 1.82) is 0 Å². The van der Waals surface area contributed by atoms with Gasteiger partial charge in [0, 0.05) is 41.5 Å². The first-order valence-corrected chi connectivity index (χ1v) is 34.4. The molecule has 1 aliphatic carbocycles. The van der Waals surface area contributed by atoms with Crippen molar-refractivity contribution in [3.05, 3.63) is 118 Å². The molecule has 22 N–H and O–H groups in total. The molecule has 5 saturated heterocycles. The molecule has 6 aliphatic heterocycles. The molecule has 5 aromatic rings. The molecule has 0 saturated carbocycles. The van der Waals surface area contributed by atoms with E-state index in [1.54, 1.807) is 0 Å². The van der Waals surface area contributed by atoms with Crippen LogP contribution in [0.5, 0.6) is 57.5 Å². The lowest BCUT2D eigenvalue weighted by molar-refractivity contribution is -0.278. The molecule has 0 amide bonds. The van der Waals surface area contributed by atoms with E-state index < -0.39 is 279 Å². The Hall–Kier alpha value is -10.2. The van der Waals surface area contributed by atoms with Gasteiger partial charge in [0.1, 0.15) is 170 Å². The first kappa shape index (κ1) is 82.3. The Morgan fingerprint density at radius 1 is 0.460 bits per heavy atom. The number of phenolic OH excluding ortho intramolecular Hbond substituents is 5. The number of benzene rings is 5. The van der Waals surface area contributed by atoms with Gasteiger partial charge in [-0.25, -0.2) is 4.79 Å². The van der Waals surface area contributed by atoms with E-state index in [1.807, 2.05) is 0 Å². The normalized spacial score (nSPS) is 31.3. The number of hydrogen-bond acceptors (Lipinski definition) is 40. The van der Waals surface area contributed by atoms with E-state index in [9.17, 15) is 131 Å². The molecule has 24 atom stereocenters. The molecular weight excluding hydrogens is 1520 g/mol. The Morgan fingerprint density at radius 2 is 0.947 bits per heavy atom. The zero-order valence-electron chi connectivity index (χ0n) is 58.2. The molecule has 610 valence electrons. The number of aliphatic hydroxyl groups excluding tert-OH is 16. The lowest BCUT2D eigenvalue weighted by Crippen LogP contribution is -2.60. The summed E-state index contributed by atoms with van der Waals surface area (Å²) in [6.45, 7) is -3.77. The highest BCUT2D eigenvalue weighted by Crippen LogP contribution is 2.46. The first-order chi connectivity index (χ1) is 53.7. The molecule has 41 nitrogen and oxygen atoms in total. The van der Waals surface area contributed by atoms with E-state index in [2.05, 4.69) is 0 Å². The fourth-order valence-electron chi connectivity index (χ4n) is 12.4. The van der Waals surface area contributed by atoms with Crippen LogP contribution in [0.3, 0.4) is 0 Å². The molecule has 7 aliphatic rings. The summed E-state index contributed by atoms with van der Waals surface area (Å²) < 4.78 is 84.8. The van der Waals surface area contributed by atoms with Crippen molar-refractivity contribution in [3.63, 3.8) is 0 Å². The number of ether oxygens (including phenoxy) is 13. The number of aromatic hydroxyl groups is 5. The molecule has 113 heavy (non-hydrogen) atoms. The van der Waals surface area contributed by atoms with E-state index in [-0.39, 0.29) is 45.3 Å². The minimum absolute atomic E-state index is 0.0188. The molecule has 4 aromatic carbocycles. The molecule has 5 fully saturated rings. The summed E-state index contributed by atoms with van der Waals surface area (Å²) in [6.07, 6.45) is -43.6. The SMILES string of the molecule is O=C(C=Cc1ccc(O)cc1)OC[C@H]1O[C@@H](Oc2cc3c(=O)cc(O[C@@H]4O[C@H](COC(=O)CCC(=O)OC[C@H]5O[C@@H](Oc6ccc(-c7oc8cc(O[C@@H]9OC[C@@H](O)[C@H](O)[C@H]9O)cc(O)c8c(=[OH+])c7O[C@@H]7O[C@H](CO)[C@@H](O)[C@H](O)[C@H]7O)cc6)[C@H](O)[C@@H](O)[C@@H]5O)[C@@H](O)[C@H](O)[C@H]4O)cc-3oc2-c2cc(O)c(O)c(O)c2)[C@H](O)[C@@H](O)[C@@H]1O. The lowest BCUT2D eigenvalue weighted by atomic mass is 9.99. The number of esters is 3. The largest absolute Gasteiger partial charge is 0.508 e. The third-order valence-electron chi connectivity index (χ3n) is 18.7. The molecule has 0 radical (unpaired) electrons. The number of phenols is 5. The van der Waals surface area contributed by atoms with Crippen LogP contribution in [0.2, 0.25) is 0 Å². The van der Waals surface area contributed by atoms with Crippen LogP contribution in [0.25, 0.3) is 51.0 Å². The smallest absolute Gasteiger partial charge is 0.400 e. The monoisotopic (exact) mass is 1600 g/mol. The van der Waals surface area contributed by atoms with Crippen LogP contribution in [-0.2, 0) is 52.3 Å². The van der Waals surface area contributed by atoms with Crippen molar-refractivity contribution in [3.8, 4) is 91.5 Å². The second kappa shape index (κ2) is 34.7. The van der Waals surface area contributed by atoms with Gasteiger partial charge >= 0.3 is 23.3 Å². The second-order valence-electron chi connectivity index (χ2n) is 26.6. The van der Waals surface area contributed by atoms with Gasteiger partial charge in [0.15, 0.2) is 50.9 Å². The molecule has 41 heteroatoms. The van der Waals surface area contributed by atoms with Gasteiger partial charge in [-0.2, -0.15) is 0 Å². The number of carbonyl (C=O) groups is 3. The maximum atomic E-state index is 13.9. The van der Waals surface area contributed by atoms with E-state index in [0.29, 0.717) is 5.56 Å². The topological polar surface area (TPSA) is 661 Å². The fraction of sp³-hybridized carbons (Fsp3) is 0.431. The molecule has 12 rings (SSSR count). The van der Waals surface area contributed by atoms with Gasteiger partial charge in [-0.15, -0.1) is 0 Å². The number of aliphatic hydroxyl groups is 16. The minimum Gasteiger partial charge on any atom is -0.508 e. The first-order valence-electron chi connectivity index (χ1n) is 34.4. The fourth-order valence-corrected chi connectivity index (χ4v) is 12.4. The third kappa shape index (κ3) is 17.9.